The van der Waals surface area contributed by atoms with Crippen LogP contribution in [0.15, 0.2) is 0 Å². The zero-order valence-electron chi connectivity index (χ0n) is 19.5. The maximum Gasteiger partial charge on any atom is 0.408 e. The zero-order chi connectivity index (χ0) is 22.6. The van der Waals surface area contributed by atoms with Crippen LogP contribution in [0.3, 0.4) is 0 Å². The Morgan fingerprint density at radius 3 is 2.37 bits per heavy atom. The Bertz CT molecular complexity index is 542. The van der Waals surface area contributed by atoms with Gasteiger partial charge in [-0.05, 0) is 39.5 Å². The van der Waals surface area contributed by atoms with Crippen LogP contribution in [-0.2, 0) is 23.4 Å². The third-order valence-electron chi connectivity index (χ3n) is 5.38. The summed E-state index contributed by atoms with van der Waals surface area (Å²) in [6.07, 6.45) is 9.34. The van der Waals surface area contributed by atoms with Gasteiger partial charge in [0.15, 0.2) is 0 Å². The Morgan fingerprint density at radius 1 is 1.13 bits per heavy atom. The maximum atomic E-state index is 12.9. The van der Waals surface area contributed by atoms with Gasteiger partial charge in [0.05, 0.1) is 19.6 Å². The minimum absolute atomic E-state index is 0.0568. The van der Waals surface area contributed by atoms with E-state index in [4.69, 9.17) is 14.0 Å². The maximum absolute atomic E-state index is 12.9. The quantitative estimate of drug-likeness (QED) is 0.235. The van der Waals surface area contributed by atoms with Gasteiger partial charge in [-0.3, -0.25) is 9.36 Å². The number of ether oxygens (including phenoxy) is 2. The summed E-state index contributed by atoms with van der Waals surface area (Å²) in [5.41, 5.74) is -0.634. The van der Waals surface area contributed by atoms with Crippen molar-refractivity contribution >= 4 is 20.1 Å². The van der Waals surface area contributed by atoms with Crippen LogP contribution in [0, 0.1) is 11.8 Å². The first kappa shape index (κ1) is 27.0. The molecule has 1 fully saturated rings. The van der Waals surface area contributed by atoms with Crippen molar-refractivity contribution in [2.75, 3.05) is 13.7 Å². The minimum atomic E-state index is -2.60. The van der Waals surface area contributed by atoms with Crippen molar-refractivity contribution in [3.63, 3.8) is 0 Å². The minimum Gasteiger partial charge on any atom is -0.469 e. The molecule has 0 saturated heterocycles. The van der Waals surface area contributed by atoms with Gasteiger partial charge in [0.1, 0.15) is 11.4 Å². The number of carbonyl (C=O) groups is 2. The fourth-order valence-electron chi connectivity index (χ4n) is 3.80. The summed E-state index contributed by atoms with van der Waals surface area (Å²) in [6.45, 7) is 7.49. The van der Waals surface area contributed by atoms with E-state index in [2.05, 4.69) is 12.2 Å². The second-order valence-corrected chi connectivity index (χ2v) is 10.9. The molecular formula is C22H42NO6P. The third-order valence-corrected chi connectivity index (χ3v) is 6.83. The lowest BCUT2D eigenvalue weighted by Crippen LogP contribution is -2.38. The van der Waals surface area contributed by atoms with E-state index >= 15 is 0 Å². The normalized spacial score (nSPS) is 18.3. The molecule has 176 valence electrons. The Labute approximate surface area is 182 Å². The van der Waals surface area contributed by atoms with Gasteiger partial charge in [-0.1, -0.05) is 58.3 Å². The van der Waals surface area contributed by atoms with Crippen molar-refractivity contribution in [1.29, 1.82) is 0 Å². The van der Waals surface area contributed by atoms with Crippen molar-refractivity contribution in [3.8, 4) is 0 Å². The first-order valence-electron chi connectivity index (χ1n) is 11.4. The van der Waals surface area contributed by atoms with Gasteiger partial charge in [0.2, 0.25) is 8.03 Å². The van der Waals surface area contributed by atoms with E-state index in [0.29, 0.717) is 18.8 Å². The highest BCUT2D eigenvalue weighted by molar-refractivity contribution is 7.40. The first-order valence-corrected chi connectivity index (χ1v) is 12.8. The highest BCUT2D eigenvalue weighted by Crippen LogP contribution is 2.35. The van der Waals surface area contributed by atoms with Crippen LogP contribution in [0.2, 0.25) is 0 Å². The van der Waals surface area contributed by atoms with Crippen LogP contribution in [0.5, 0.6) is 0 Å². The molecule has 0 bridgehead atoms. The lowest BCUT2D eigenvalue weighted by molar-refractivity contribution is -0.147. The SMILES string of the molecule is CCCCCC(NC(=O)OC(C)(C)C)[PH](=O)OCC(CC1CCCCC1)C(=O)OC. The highest BCUT2D eigenvalue weighted by atomic mass is 31.1. The third kappa shape index (κ3) is 11.4. The Hall–Kier alpha value is -1.07. The van der Waals surface area contributed by atoms with E-state index in [9.17, 15) is 14.2 Å². The van der Waals surface area contributed by atoms with E-state index in [-0.39, 0.29) is 12.6 Å². The van der Waals surface area contributed by atoms with Crippen LogP contribution in [0.4, 0.5) is 4.79 Å². The molecule has 30 heavy (non-hydrogen) atoms. The van der Waals surface area contributed by atoms with Crippen molar-refractivity contribution in [2.24, 2.45) is 11.8 Å². The summed E-state index contributed by atoms with van der Waals surface area (Å²) in [4.78, 5) is 24.4. The van der Waals surface area contributed by atoms with Gasteiger partial charge < -0.3 is 19.3 Å². The molecule has 0 spiro atoms. The highest BCUT2D eigenvalue weighted by Gasteiger charge is 2.28. The van der Waals surface area contributed by atoms with Gasteiger partial charge in [-0.2, -0.15) is 0 Å². The lowest BCUT2D eigenvalue weighted by atomic mass is 9.83. The van der Waals surface area contributed by atoms with Crippen LogP contribution >= 0.6 is 8.03 Å². The summed E-state index contributed by atoms with van der Waals surface area (Å²) in [6, 6.07) is 0. The molecule has 8 heteroatoms. The van der Waals surface area contributed by atoms with Crippen LogP contribution in [0.1, 0.15) is 91.9 Å². The molecule has 0 heterocycles. The number of hydrogen-bond acceptors (Lipinski definition) is 6. The van der Waals surface area contributed by atoms with Crippen molar-refractivity contribution in [2.45, 2.75) is 103 Å². The summed E-state index contributed by atoms with van der Waals surface area (Å²) in [5, 5.41) is 2.71. The van der Waals surface area contributed by atoms with E-state index < -0.39 is 31.4 Å². The van der Waals surface area contributed by atoms with E-state index in [1.54, 1.807) is 20.8 Å². The Kier molecular flexibility index (Phi) is 12.7. The molecule has 0 aromatic heterocycles. The monoisotopic (exact) mass is 447 g/mol. The summed E-state index contributed by atoms with van der Waals surface area (Å²) < 4.78 is 28.8. The standard InChI is InChI=1S/C22H42NO6P/c1-6-7-9-14-19(23-21(25)29-22(2,3)4)30(26)28-16-18(20(24)27-5)15-17-12-10-8-11-13-17/h17-19,30H,6-16H2,1-5H3,(H,23,25). The van der Waals surface area contributed by atoms with E-state index in [1.807, 2.05) is 0 Å². The topological polar surface area (TPSA) is 90.9 Å². The van der Waals surface area contributed by atoms with Gasteiger partial charge in [0, 0.05) is 0 Å². The van der Waals surface area contributed by atoms with Gasteiger partial charge >= 0.3 is 12.1 Å². The predicted octanol–water partition coefficient (Wildman–Crippen LogP) is 5.67. The summed E-state index contributed by atoms with van der Waals surface area (Å²) in [7, 11) is -1.23. The number of carbonyl (C=O) groups excluding carboxylic acids is 2. The summed E-state index contributed by atoms with van der Waals surface area (Å²) >= 11 is 0. The summed E-state index contributed by atoms with van der Waals surface area (Å²) in [5.74, 6) is -0.874. The molecule has 3 atom stereocenters. The average Bonchev–Trinajstić information content (AvgIpc) is 2.69. The molecule has 0 aliphatic heterocycles. The lowest BCUT2D eigenvalue weighted by Gasteiger charge is -2.26. The van der Waals surface area contributed by atoms with Crippen molar-refractivity contribution in [3.05, 3.63) is 0 Å². The molecule has 1 aliphatic rings. The second-order valence-electron chi connectivity index (χ2n) is 9.28. The number of methoxy groups -OCH3 is 1. The average molecular weight is 448 g/mol. The number of unbranched alkanes of at least 4 members (excludes halogenated alkanes) is 2. The van der Waals surface area contributed by atoms with Crippen LogP contribution in [-0.4, -0.2) is 37.2 Å². The Morgan fingerprint density at radius 2 is 1.80 bits per heavy atom. The number of nitrogens with one attached hydrogen (secondary N) is 1. The van der Waals surface area contributed by atoms with Crippen molar-refractivity contribution in [1.82, 2.24) is 5.32 Å². The fourth-order valence-corrected chi connectivity index (χ4v) is 5.05. The largest absolute Gasteiger partial charge is 0.469 e. The van der Waals surface area contributed by atoms with E-state index in [1.165, 1.54) is 26.4 Å². The molecule has 1 N–H and O–H groups in total. The fraction of sp³-hybridized carbons (Fsp3) is 0.909. The second kappa shape index (κ2) is 14.1. The smallest absolute Gasteiger partial charge is 0.408 e. The molecule has 0 aromatic rings. The number of amides is 1. The molecular weight excluding hydrogens is 405 g/mol. The Balaban J connectivity index is 2.67. The number of esters is 1. The first-order chi connectivity index (χ1) is 14.2. The van der Waals surface area contributed by atoms with Gasteiger partial charge in [-0.15, -0.1) is 0 Å². The molecule has 1 aliphatic carbocycles. The molecule has 0 aromatic carbocycles. The van der Waals surface area contributed by atoms with Crippen LogP contribution < -0.4 is 5.32 Å². The molecule has 1 saturated carbocycles. The van der Waals surface area contributed by atoms with Crippen molar-refractivity contribution < 1.29 is 28.2 Å². The predicted molar refractivity (Wildman–Crippen MR) is 119 cm³/mol. The molecule has 1 amide bonds. The van der Waals surface area contributed by atoms with E-state index in [0.717, 1.165) is 32.1 Å². The van der Waals surface area contributed by atoms with Gasteiger partial charge in [-0.25, -0.2) is 4.79 Å². The number of rotatable bonds is 12. The number of alkyl carbamates (subject to hydrolysis) is 1. The molecule has 3 unspecified atom stereocenters. The number of hydrogen-bond donors (Lipinski definition) is 1. The zero-order valence-corrected chi connectivity index (χ0v) is 20.5. The molecule has 0 radical (unpaired) electrons. The molecule has 7 nitrogen and oxygen atoms in total. The van der Waals surface area contributed by atoms with Gasteiger partial charge in [0.25, 0.3) is 0 Å². The van der Waals surface area contributed by atoms with Crippen LogP contribution in [0.25, 0.3) is 0 Å². The molecule has 1 rings (SSSR count).